The van der Waals surface area contributed by atoms with Gasteiger partial charge >= 0.3 is 0 Å². The van der Waals surface area contributed by atoms with Gasteiger partial charge in [-0.15, -0.1) is 0 Å². The maximum absolute atomic E-state index is 5.87. The van der Waals surface area contributed by atoms with Gasteiger partial charge in [-0.2, -0.15) is 0 Å². The van der Waals surface area contributed by atoms with Gasteiger partial charge in [-0.05, 0) is 32.1 Å². The largest absolute Gasteiger partial charge is 0.481 e. The molecule has 2 rings (SSSR count). The zero-order valence-corrected chi connectivity index (χ0v) is 12.0. The monoisotopic (exact) mass is 280 g/mol. The summed E-state index contributed by atoms with van der Waals surface area (Å²) in [4.78, 5) is 8.09. The molecule has 0 spiro atoms. The topological polar surface area (TPSA) is 82.3 Å². The lowest BCUT2D eigenvalue weighted by molar-refractivity contribution is 0.0251. The van der Waals surface area contributed by atoms with Gasteiger partial charge < -0.3 is 20.5 Å². The van der Waals surface area contributed by atoms with E-state index in [0.717, 1.165) is 51.1 Å². The van der Waals surface area contributed by atoms with Crippen LogP contribution in [0.2, 0.25) is 0 Å². The number of hydrogen-bond donors (Lipinski definition) is 2. The predicted octanol–water partition coefficient (Wildman–Crippen LogP) is 1.57. The summed E-state index contributed by atoms with van der Waals surface area (Å²) in [6.45, 7) is 1.60. The summed E-state index contributed by atoms with van der Waals surface area (Å²) in [5.41, 5.74) is 5.87. The Bertz CT molecular complexity index is 395. The Balaban J connectivity index is 1.57. The maximum Gasteiger partial charge on any atom is 0.218 e. The van der Waals surface area contributed by atoms with E-state index in [1.165, 1.54) is 6.33 Å². The van der Waals surface area contributed by atoms with Gasteiger partial charge in [0.25, 0.3) is 0 Å². The number of ether oxygens (including phenoxy) is 2. The average Bonchev–Trinajstić information content (AvgIpc) is 2.49. The van der Waals surface area contributed by atoms with E-state index < -0.39 is 0 Å². The summed E-state index contributed by atoms with van der Waals surface area (Å²) in [5, 5.41) is 3.23. The Hall–Kier alpha value is -1.40. The Kier molecular flexibility index (Phi) is 6.01. The van der Waals surface area contributed by atoms with Gasteiger partial charge in [-0.1, -0.05) is 0 Å². The molecule has 1 aromatic rings. The molecule has 1 saturated carbocycles. The minimum absolute atomic E-state index is 0.379. The number of nitrogens with zero attached hydrogens (tertiary/aromatic N) is 2. The lowest BCUT2D eigenvalue weighted by atomic mass is 9.94. The van der Waals surface area contributed by atoms with Crippen molar-refractivity contribution in [3.05, 3.63) is 12.4 Å². The van der Waals surface area contributed by atoms with E-state index in [4.69, 9.17) is 15.2 Å². The molecule has 20 heavy (non-hydrogen) atoms. The van der Waals surface area contributed by atoms with Crippen LogP contribution in [0.4, 0.5) is 5.82 Å². The second-order valence-electron chi connectivity index (χ2n) is 5.13. The van der Waals surface area contributed by atoms with Gasteiger partial charge in [0.05, 0.1) is 13.2 Å². The Labute approximate surface area is 120 Å². The number of nitrogens with one attached hydrogen (secondary N) is 1. The standard InChI is InChI=1S/C14H24N4O2/c1-19-14-9-13(17-10-18-14)16-7-2-8-20-12-5-3-11(15)4-6-12/h9-12H,2-8,15H2,1H3,(H,16,17,18). The molecular weight excluding hydrogens is 256 g/mol. The van der Waals surface area contributed by atoms with Crippen LogP contribution in [0.5, 0.6) is 5.88 Å². The van der Waals surface area contributed by atoms with E-state index >= 15 is 0 Å². The molecule has 1 aliphatic carbocycles. The van der Waals surface area contributed by atoms with Crippen molar-refractivity contribution in [3.8, 4) is 5.88 Å². The molecule has 0 atom stereocenters. The lowest BCUT2D eigenvalue weighted by Gasteiger charge is -2.26. The molecule has 1 aliphatic rings. The van der Waals surface area contributed by atoms with Gasteiger partial charge in [0.2, 0.25) is 5.88 Å². The molecule has 6 nitrogen and oxygen atoms in total. The minimum Gasteiger partial charge on any atom is -0.481 e. The number of rotatable bonds is 7. The normalized spacial score (nSPS) is 22.5. The first kappa shape index (κ1) is 15.0. The number of methoxy groups -OCH3 is 1. The van der Waals surface area contributed by atoms with Gasteiger partial charge in [0.15, 0.2) is 0 Å². The van der Waals surface area contributed by atoms with Crippen LogP contribution >= 0.6 is 0 Å². The molecule has 0 radical (unpaired) electrons. The summed E-state index contributed by atoms with van der Waals surface area (Å²) >= 11 is 0. The lowest BCUT2D eigenvalue weighted by Crippen LogP contribution is -2.30. The fourth-order valence-corrected chi connectivity index (χ4v) is 2.34. The average molecular weight is 280 g/mol. The zero-order chi connectivity index (χ0) is 14.2. The Morgan fingerprint density at radius 3 is 2.85 bits per heavy atom. The van der Waals surface area contributed by atoms with Crippen molar-refractivity contribution in [2.75, 3.05) is 25.6 Å². The van der Waals surface area contributed by atoms with E-state index in [1.54, 1.807) is 13.2 Å². The van der Waals surface area contributed by atoms with E-state index in [2.05, 4.69) is 15.3 Å². The van der Waals surface area contributed by atoms with Gasteiger partial charge in [0, 0.05) is 25.3 Å². The third kappa shape index (κ3) is 4.94. The van der Waals surface area contributed by atoms with Crippen molar-refractivity contribution in [1.82, 2.24) is 9.97 Å². The van der Waals surface area contributed by atoms with Gasteiger partial charge in [-0.3, -0.25) is 0 Å². The van der Waals surface area contributed by atoms with E-state index in [-0.39, 0.29) is 0 Å². The van der Waals surface area contributed by atoms with Crippen molar-refractivity contribution < 1.29 is 9.47 Å². The molecule has 3 N–H and O–H groups in total. The second kappa shape index (κ2) is 8.01. The molecular formula is C14H24N4O2. The van der Waals surface area contributed by atoms with Crippen LogP contribution in [0.1, 0.15) is 32.1 Å². The number of aromatic nitrogens is 2. The molecule has 112 valence electrons. The Morgan fingerprint density at radius 2 is 2.10 bits per heavy atom. The highest BCUT2D eigenvalue weighted by Gasteiger charge is 2.18. The fourth-order valence-electron chi connectivity index (χ4n) is 2.34. The SMILES string of the molecule is COc1cc(NCCCOC2CCC(N)CC2)ncn1. The summed E-state index contributed by atoms with van der Waals surface area (Å²) in [7, 11) is 1.59. The molecule has 6 heteroatoms. The number of nitrogens with two attached hydrogens (primary N) is 1. The third-order valence-corrected chi connectivity index (χ3v) is 3.55. The summed E-state index contributed by atoms with van der Waals surface area (Å²) < 4.78 is 10.9. The van der Waals surface area contributed by atoms with E-state index in [1.807, 2.05) is 0 Å². The van der Waals surface area contributed by atoms with Gasteiger partial charge in [-0.25, -0.2) is 9.97 Å². The van der Waals surface area contributed by atoms with Crippen LogP contribution < -0.4 is 15.8 Å². The van der Waals surface area contributed by atoms with Crippen molar-refractivity contribution >= 4 is 5.82 Å². The first-order valence-corrected chi connectivity index (χ1v) is 7.25. The molecule has 0 amide bonds. The second-order valence-corrected chi connectivity index (χ2v) is 5.13. The summed E-state index contributed by atoms with van der Waals surface area (Å²) in [5.74, 6) is 1.35. The first-order valence-electron chi connectivity index (χ1n) is 7.25. The Morgan fingerprint density at radius 1 is 1.30 bits per heavy atom. The first-order chi connectivity index (χ1) is 9.78. The molecule has 1 aromatic heterocycles. The number of anilines is 1. The highest BCUT2D eigenvalue weighted by molar-refractivity contribution is 5.36. The zero-order valence-electron chi connectivity index (χ0n) is 12.0. The highest BCUT2D eigenvalue weighted by Crippen LogP contribution is 2.19. The van der Waals surface area contributed by atoms with Gasteiger partial charge in [0.1, 0.15) is 12.1 Å². The van der Waals surface area contributed by atoms with Crippen molar-refractivity contribution in [2.24, 2.45) is 5.73 Å². The van der Waals surface area contributed by atoms with Crippen molar-refractivity contribution in [1.29, 1.82) is 0 Å². The maximum atomic E-state index is 5.87. The molecule has 0 saturated heterocycles. The highest BCUT2D eigenvalue weighted by atomic mass is 16.5. The minimum atomic E-state index is 0.379. The van der Waals surface area contributed by atoms with Crippen LogP contribution in [0.3, 0.4) is 0 Å². The molecule has 1 fully saturated rings. The van der Waals surface area contributed by atoms with E-state index in [9.17, 15) is 0 Å². The molecule has 0 bridgehead atoms. The van der Waals surface area contributed by atoms with Crippen LogP contribution in [-0.2, 0) is 4.74 Å². The fraction of sp³-hybridized carbons (Fsp3) is 0.714. The summed E-state index contributed by atoms with van der Waals surface area (Å²) in [6.07, 6.45) is 7.20. The van der Waals surface area contributed by atoms with Crippen LogP contribution in [-0.4, -0.2) is 42.4 Å². The quantitative estimate of drug-likeness (QED) is 0.738. The predicted molar refractivity (Wildman–Crippen MR) is 77.9 cm³/mol. The van der Waals surface area contributed by atoms with Crippen molar-refractivity contribution in [3.63, 3.8) is 0 Å². The van der Waals surface area contributed by atoms with E-state index in [0.29, 0.717) is 18.0 Å². The molecule has 0 aliphatic heterocycles. The third-order valence-electron chi connectivity index (χ3n) is 3.55. The molecule has 0 unspecified atom stereocenters. The summed E-state index contributed by atoms with van der Waals surface area (Å²) in [6, 6.07) is 2.16. The van der Waals surface area contributed by atoms with Crippen LogP contribution in [0.25, 0.3) is 0 Å². The van der Waals surface area contributed by atoms with Crippen LogP contribution in [0, 0.1) is 0 Å². The number of hydrogen-bond acceptors (Lipinski definition) is 6. The smallest absolute Gasteiger partial charge is 0.218 e. The molecule has 0 aromatic carbocycles. The van der Waals surface area contributed by atoms with Crippen LogP contribution in [0.15, 0.2) is 12.4 Å². The van der Waals surface area contributed by atoms with Crippen molar-refractivity contribution in [2.45, 2.75) is 44.2 Å². The molecule has 1 heterocycles.